The first kappa shape index (κ1) is 31.2. The number of imide groups is 1. The van der Waals surface area contributed by atoms with Gasteiger partial charge in [-0.25, -0.2) is 4.79 Å². The molecule has 0 spiro atoms. The summed E-state index contributed by atoms with van der Waals surface area (Å²) in [5.41, 5.74) is 3.50. The largest absolute Gasteiger partial charge is 0.618 e. The van der Waals surface area contributed by atoms with Gasteiger partial charge in [0, 0.05) is 77.4 Å². The van der Waals surface area contributed by atoms with Crippen molar-refractivity contribution >= 4 is 56.7 Å². The Hall–Kier alpha value is -3.45. The molecule has 244 valence electrons. The zero-order chi connectivity index (χ0) is 32.2. The van der Waals surface area contributed by atoms with Gasteiger partial charge in [-0.05, 0) is 63.1 Å². The molecule has 3 aromatic rings. The number of thiophene rings is 1. The van der Waals surface area contributed by atoms with Crippen LogP contribution in [0, 0.1) is 5.21 Å². The first-order valence-electron chi connectivity index (χ1n) is 15.9. The molecule has 6 heterocycles. The second-order valence-corrected chi connectivity index (χ2v) is 14.5. The van der Waals surface area contributed by atoms with Gasteiger partial charge in [0.25, 0.3) is 0 Å². The highest BCUT2D eigenvalue weighted by atomic mass is 35.5. The number of carbonyl (C=O) groups is 3. The number of anilines is 1. The maximum Gasteiger partial charge on any atom is 0.407 e. The van der Waals surface area contributed by atoms with Crippen LogP contribution >= 0.6 is 22.9 Å². The Morgan fingerprint density at radius 1 is 1.17 bits per heavy atom. The predicted octanol–water partition coefficient (Wildman–Crippen LogP) is 5.31. The number of aromatic nitrogens is 1. The van der Waals surface area contributed by atoms with Crippen LogP contribution in [0.15, 0.2) is 30.5 Å². The van der Waals surface area contributed by atoms with E-state index in [1.165, 1.54) is 27.3 Å². The molecule has 13 heteroatoms. The second kappa shape index (κ2) is 12.3. The number of benzene rings is 1. The van der Waals surface area contributed by atoms with E-state index in [2.05, 4.69) is 4.90 Å². The molecule has 1 unspecified atom stereocenters. The number of nitrogens with zero attached hydrogens (tertiary/aromatic N) is 4. The number of carboxylic acid groups (broad SMARTS) is 1. The molecule has 3 saturated heterocycles. The lowest BCUT2D eigenvalue weighted by molar-refractivity contribution is -0.576. The quantitative estimate of drug-likeness (QED) is 0.204. The Morgan fingerprint density at radius 3 is 2.72 bits per heavy atom. The van der Waals surface area contributed by atoms with Crippen LogP contribution in [0.5, 0.6) is 0 Å². The minimum absolute atomic E-state index is 0.106. The monoisotopic (exact) mass is 668 g/mol. The van der Waals surface area contributed by atoms with E-state index in [0.717, 1.165) is 75.3 Å². The molecular formula is C33H37ClN4O7S. The lowest BCUT2D eigenvalue weighted by atomic mass is 9.91. The molecule has 0 radical (unpaired) electrons. The Morgan fingerprint density at radius 2 is 1.98 bits per heavy atom. The van der Waals surface area contributed by atoms with Crippen molar-refractivity contribution in [3.05, 3.63) is 51.1 Å². The van der Waals surface area contributed by atoms with Crippen molar-refractivity contribution in [1.29, 1.82) is 0 Å². The average molecular weight is 669 g/mol. The van der Waals surface area contributed by atoms with Gasteiger partial charge < -0.3 is 24.7 Å². The maximum absolute atomic E-state index is 13.0. The van der Waals surface area contributed by atoms with E-state index in [1.54, 1.807) is 12.1 Å². The molecule has 4 aliphatic rings. The summed E-state index contributed by atoms with van der Waals surface area (Å²) in [5.74, 6) is -0.402. The van der Waals surface area contributed by atoms with Crippen LogP contribution in [0.2, 0.25) is 5.02 Å². The van der Waals surface area contributed by atoms with E-state index in [-0.39, 0.29) is 50.1 Å². The van der Waals surface area contributed by atoms with Gasteiger partial charge >= 0.3 is 6.09 Å². The number of likely N-dealkylation sites (tertiary alicyclic amines) is 2. The van der Waals surface area contributed by atoms with Crippen molar-refractivity contribution in [3.63, 3.8) is 0 Å². The molecule has 0 aliphatic carbocycles. The third kappa shape index (κ3) is 5.69. The van der Waals surface area contributed by atoms with Crippen LogP contribution in [0.4, 0.5) is 10.5 Å². The number of aryl methyl sites for hydroxylation is 1. The van der Waals surface area contributed by atoms with Crippen molar-refractivity contribution in [2.24, 2.45) is 0 Å². The van der Waals surface area contributed by atoms with Gasteiger partial charge in [-0.3, -0.25) is 19.4 Å². The van der Waals surface area contributed by atoms with Crippen LogP contribution in [-0.4, -0.2) is 77.0 Å². The van der Waals surface area contributed by atoms with Gasteiger partial charge in [-0.1, -0.05) is 11.6 Å². The fourth-order valence-electron chi connectivity index (χ4n) is 7.52. The lowest BCUT2D eigenvalue weighted by Crippen LogP contribution is -2.48. The van der Waals surface area contributed by atoms with Crippen LogP contribution in [0.1, 0.15) is 62.3 Å². The number of hydrogen-bond donors (Lipinski definition) is 1. The molecule has 3 atom stereocenters. The third-order valence-corrected chi connectivity index (χ3v) is 11.1. The maximum atomic E-state index is 13.0. The molecule has 3 fully saturated rings. The van der Waals surface area contributed by atoms with Gasteiger partial charge in [0.1, 0.15) is 4.70 Å². The molecular weight excluding hydrogens is 632 g/mol. The highest BCUT2D eigenvalue weighted by molar-refractivity contribution is 7.19. The molecule has 0 bridgehead atoms. The Labute approximate surface area is 275 Å². The summed E-state index contributed by atoms with van der Waals surface area (Å²) < 4.78 is 13.5. The zero-order valence-electron chi connectivity index (χ0n) is 25.7. The van der Waals surface area contributed by atoms with Crippen molar-refractivity contribution in [2.45, 2.75) is 82.7 Å². The third-order valence-electron chi connectivity index (χ3n) is 9.78. The van der Waals surface area contributed by atoms with Crippen molar-refractivity contribution in [1.82, 2.24) is 9.80 Å². The van der Waals surface area contributed by atoms with E-state index in [9.17, 15) is 24.7 Å². The number of hydrogen-bond acceptors (Lipinski definition) is 8. The topological polar surface area (TPSA) is 127 Å². The van der Waals surface area contributed by atoms with Gasteiger partial charge in [-0.2, -0.15) is 4.73 Å². The number of fused-ring (bicyclic) bond motifs is 2. The molecule has 0 saturated carbocycles. The smallest absolute Gasteiger partial charge is 0.407 e. The molecule has 4 aliphatic heterocycles. The van der Waals surface area contributed by atoms with Crippen LogP contribution < -0.4 is 9.63 Å². The fraction of sp³-hybridized carbons (Fsp3) is 0.515. The summed E-state index contributed by atoms with van der Waals surface area (Å²) in [4.78, 5) is 43.0. The Kier molecular flexibility index (Phi) is 8.33. The normalized spacial score (nSPS) is 25.1. The molecule has 3 amide bonds. The number of ether oxygens (including phenoxy) is 2. The molecule has 2 aromatic heterocycles. The van der Waals surface area contributed by atoms with Gasteiger partial charge in [0.05, 0.1) is 18.7 Å². The fourth-order valence-corrected chi connectivity index (χ4v) is 8.93. The van der Waals surface area contributed by atoms with E-state index < -0.39 is 11.6 Å². The number of pyridine rings is 1. The molecule has 1 N–H and O–H groups in total. The lowest BCUT2D eigenvalue weighted by Gasteiger charge is -2.38. The SMILES string of the molecule is C[C@]1(COC2CCCCO2)C[C@H](N2CCCc3cc(Cl)cc(-c4cc[n+]([O-])c5cc(CN6C(=O)CCC6=O)sc45)c32)CN1C(=O)O. The second-order valence-electron chi connectivity index (χ2n) is 13.0. The average Bonchev–Trinajstić information content (AvgIpc) is 3.72. The summed E-state index contributed by atoms with van der Waals surface area (Å²) in [7, 11) is 0. The number of carbonyl (C=O) groups excluding carboxylic acids is 2. The highest BCUT2D eigenvalue weighted by Gasteiger charge is 2.48. The molecule has 1 aromatic carbocycles. The summed E-state index contributed by atoms with van der Waals surface area (Å²) in [6.07, 6.45) is 5.75. The summed E-state index contributed by atoms with van der Waals surface area (Å²) in [6, 6.07) is 7.35. The van der Waals surface area contributed by atoms with Crippen molar-refractivity contribution in [3.8, 4) is 11.1 Å². The van der Waals surface area contributed by atoms with Gasteiger partial charge in [-0.15, -0.1) is 11.3 Å². The minimum Gasteiger partial charge on any atom is -0.618 e. The Balaban J connectivity index is 1.24. The standard InChI is InChI=1S/C33H37ClN4O7S/c1-33(19-45-29-6-2-3-12-44-29)16-22(17-37(33)32(41)42)35-10-4-5-20-13-21(34)14-25(30(20)35)24-9-11-38(43)26-15-23(46-31(24)26)18-36-27(39)7-8-28(36)40/h9,11,13-15,22,29H,2-8,10,12,16-19H2,1H3,(H,41,42)/t22-,29?,33+/m0/s1. The highest BCUT2D eigenvalue weighted by Crippen LogP contribution is 2.46. The first-order valence-corrected chi connectivity index (χ1v) is 17.1. The van der Waals surface area contributed by atoms with Crippen molar-refractivity contribution < 1.29 is 33.7 Å². The predicted molar refractivity (Wildman–Crippen MR) is 173 cm³/mol. The van der Waals surface area contributed by atoms with E-state index >= 15 is 0 Å². The minimum atomic E-state index is -0.974. The van der Waals surface area contributed by atoms with Gasteiger partial charge in [0.15, 0.2) is 12.5 Å². The summed E-state index contributed by atoms with van der Waals surface area (Å²) in [5, 5.41) is 23.8. The first-order chi connectivity index (χ1) is 22.1. The van der Waals surface area contributed by atoms with Crippen LogP contribution in [0.3, 0.4) is 0 Å². The van der Waals surface area contributed by atoms with Gasteiger partial charge in [0.2, 0.25) is 17.3 Å². The number of halogens is 1. The summed E-state index contributed by atoms with van der Waals surface area (Å²) in [6.45, 7) is 4.06. The Bertz CT molecular complexity index is 1690. The van der Waals surface area contributed by atoms with E-state index in [1.807, 2.05) is 19.1 Å². The number of rotatable bonds is 7. The summed E-state index contributed by atoms with van der Waals surface area (Å²) >= 11 is 8.11. The zero-order valence-corrected chi connectivity index (χ0v) is 27.3. The molecule has 46 heavy (non-hydrogen) atoms. The van der Waals surface area contributed by atoms with Crippen LogP contribution in [-0.2, 0) is 32.0 Å². The molecule has 11 nitrogen and oxygen atoms in total. The molecule has 7 rings (SSSR count). The van der Waals surface area contributed by atoms with Crippen molar-refractivity contribution in [2.75, 3.05) is 31.2 Å². The van der Waals surface area contributed by atoms with Crippen LogP contribution in [0.25, 0.3) is 21.3 Å². The number of amides is 3. The van der Waals surface area contributed by atoms with E-state index in [4.69, 9.17) is 21.1 Å². The van der Waals surface area contributed by atoms with E-state index in [0.29, 0.717) is 30.1 Å².